The van der Waals surface area contributed by atoms with Crippen LogP contribution in [0.5, 0.6) is 0 Å². The van der Waals surface area contributed by atoms with Crippen molar-refractivity contribution in [3.8, 4) is 0 Å². The third-order valence-electron chi connectivity index (χ3n) is 4.49. The molecule has 3 heteroatoms. The Morgan fingerprint density at radius 1 is 1.20 bits per heavy atom. The summed E-state index contributed by atoms with van der Waals surface area (Å²) >= 11 is 0. The minimum atomic E-state index is 0.0866. The van der Waals surface area contributed by atoms with E-state index in [2.05, 4.69) is 24.4 Å². The number of hydrogen-bond donors (Lipinski definition) is 3. The van der Waals surface area contributed by atoms with Gasteiger partial charge in [0, 0.05) is 18.7 Å². The van der Waals surface area contributed by atoms with Gasteiger partial charge in [-0.15, -0.1) is 0 Å². The first-order chi connectivity index (χ1) is 9.74. The summed E-state index contributed by atoms with van der Waals surface area (Å²) in [5, 5.41) is 22.5. The molecule has 0 saturated heterocycles. The average molecular weight is 277 g/mol. The van der Waals surface area contributed by atoms with Crippen LogP contribution in [0.15, 0.2) is 24.3 Å². The molecule has 0 amide bonds. The largest absolute Gasteiger partial charge is 0.396 e. The molecule has 1 aliphatic carbocycles. The standard InChI is InChI=1S/C17H27NO2/c1-13(15-8-5-6-14(10-15)11-19)18-17-9-4-2-3-7-16(17)12-20/h5-6,8,10,13,16-20H,2-4,7,9,11-12H2,1H3/t13-,16-,17+/m0/s1. The Kier molecular flexibility index (Phi) is 6.02. The molecular formula is C17H27NO2. The van der Waals surface area contributed by atoms with E-state index < -0.39 is 0 Å². The van der Waals surface area contributed by atoms with Gasteiger partial charge in [0.2, 0.25) is 0 Å². The van der Waals surface area contributed by atoms with Crippen LogP contribution in [0, 0.1) is 5.92 Å². The summed E-state index contributed by atoms with van der Waals surface area (Å²) in [6, 6.07) is 8.74. The molecule has 3 N–H and O–H groups in total. The van der Waals surface area contributed by atoms with Crippen molar-refractivity contribution in [1.29, 1.82) is 0 Å². The van der Waals surface area contributed by atoms with Crippen LogP contribution in [-0.2, 0) is 6.61 Å². The zero-order valence-corrected chi connectivity index (χ0v) is 12.4. The van der Waals surface area contributed by atoms with Crippen LogP contribution in [0.3, 0.4) is 0 Å². The molecule has 0 heterocycles. The van der Waals surface area contributed by atoms with Crippen molar-refractivity contribution in [3.05, 3.63) is 35.4 Å². The molecule has 0 aromatic heterocycles. The predicted octanol–water partition coefficient (Wildman–Crippen LogP) is 2.77. The van der Waals surface area contributed by atoms with Crippen LogP contribution in [-0.4, -0.2) is 22.9 Å². The molecule has 0 bridgehead atoms. The van der Waals surface area contributed by atoms with Crippen molar-refractivity contribution in [3.63, 3.8) is 0 Å². The summed E-state index contributed by atoms with van der Waals surface area (Å²) in [5.74, 6) is 0.376. The fourth-order valence-corrected chi connectivity index (χ4v) is 3.20. The van der Waals surface area contributed by atoms with E-state index in [-0.39, 0.29) is 19.3 Å². The number of aliphatic hydroxyl groups is 2. The summed E-state index contributed by atoms with van der Waals surface area (Å²) < 4.78 is 0. The van der Waals surface area contributed by atoms with Gasteiger partial charge in [-0.3, -0.25) is 0 Å². The number of aliphatic hydroxyl groups excluding tert-OH is 2. The summed E-state index contributed by atoms with van der Waals surface area (Å²) in [5.41, 5.74) is 2.16. The normalized spacial score (nSPS) is 25.1. The maximum absolute atomic E-state index is 9.58. The minimum Gasteiger partial charge on any atom is -0.396 e. The van der Waals surface area contributed by atoms with E-state index in [1.807, 2.05) is 12.1 Å². The van der Waals surface area contributed by atoms with Crippen LogP contribution in [0.4, 0.5) is 0 Å². The van der Waals surface area contributed by atoms with Crippen molar-refractivity contribution in [2.24, 2.45) is 5.92 Å². The number of benzene rings is 1. The van der Waals surface area contributed by atoms with Crippen LogP contribution in [0.25, 0.3) is 0 Å². The summed E-state index contributed by atoms with van der Waals surface area (Å²) in [6.45, 7) is 2.53. The first kappa shape index (κ1) is 15.5. The lowest BCUT2D eigenvalue weighted by atomic mass is 9.94. The zero-order valence-electron chi connectivity index (χ0n) is 12.4. The SMILES string of the molecule is C[C@H](N[C@@H]1CCCCC[C@H]1CO)c1cccc(CO)c1. The monoisotopic (exact) mass is 277 g/mol. The molecule has 2 rings (SSSR count). The Bertz CT molecular complexity index is 408. The molecule has 0 radical (unpaired) electrons. The highest BCUT2D eigenvalue weighted by molar-refractivity contribution is 5.25. The molecule has 1 aromatic carbocycles. The molecule has 0 aliphatic heterocycles. The van der Waals surface area contributed by atoms with Gasteiger partial charge in [0.1, 0.15) is 0 Å². The van der Waals surface area contributed by atoms with Gasteiger partial charge in [0.15, 0.2) is 0 Å². The Labute approximate surface area is 122 Å². The van der Waals surface area contributed by atoms with E-state index >= 15 is 0 Å². The van der Waals surface area contributed by atoms with E-state index in [0.29, 0.717) is 12.0 Å². The Morgan fingerprint density at radius 3 is 2.75 bits per heavy atom. The second-order valence-corrected chi connectivity index (χ2v) is 5.98. The molecular weight excluding hydrogens is 250 g/mol. The lowest BCUT2D eigenvalue weighted by Gasteiger charge is -2.28. The first-order valence-corrected chi connectivity index (χ1v) is 7.81. The van der Waals surface area contributed by atoms with Gasteiger partial charge in [-0.1, -0.05) is 43.5 Å². The van der Waals surface area contributed by atoms with Crippen LogP contribution < -0.4 is 5.32 Å². The van der Waals surface area contributed by atoms with E-state index in [9.17, 15) is 10.2 Å². The van der Waals surface area contributed by atoms with E-state index in [4.69, 9.17) is 0 Å². The van der Waals surface area contributed by atoms with Gasteiger partial charge in [-0.2, -0.15) is 0 Å². The molecule has 1 aliphatic rings. The third kappa shape index (κ3) is 4.05. The minimum absolute atomic E-state index is 0.0866. The molecule has 20 heavy (non-hydrogen) atoms. The maximum atomic E-state index is 9.58. The number of hydrogen-bond acceptors (Lipinski definition) is 3. The van der Waals surface area contributed by atoms with Crippen LogP contribution in [0.2, 0.25) is 0 Å². The molecule has 3 nitrogen and oxygen atoms in total. The van der Waals surface area contributed by atoms with Gasteiger partial charge in [0.05, 0.1) is 6.61 Å². The van der Waals surface area contributed by atoms with Gasteiger partial charge in [-0.25, -0.2) is 0 Å². The van der Waals surface area contributed by atoms with Crippen molar-refractivity contribution in [2.45, 2.75) is 57.7 Å². The molecule has 1 fully saturated rings. The van der Waals surface area contributed by atoms with Crippen LogP contribution in [0.1, 0.15) is 56.2 Å². The Morgan fingerprint density at radius 2 is 2.00 bits per heavy atom. The fraction of sp³-hybridized carbons (Fsp3) is 0.647. The van der Waals surface area contributed by atoms with E-state index in [0.717, 1.165) is 18.4 Å². The number of rotatable bonds is 5. The lowest BCUT2D eigenvalue weighted by Crippen LogP contribution is -2.38. The van der Waals surface area contributed by atoms with Gasteiger partial charge >= 0.3 is 0 Å². The highest BCUT2D eigenvalue weighted by Crippen LogP contribution is 2.26. The topological polar surface area (TPSA) is 52.5 Å². The zero-order chi connectivity index (χ0) is 14.4. The lowest BCUT2D eigenvalue weighted by molar-refractivity contribution is 0.176. The first-order valence-electron chi connectivity index (χ1n) is 7.81. The molecule has 3 atom stereocenters. The molecule has 1 aromatic rings. The Hall–Kier alpha value is -0.900. The Balaban J connectivity index is 2.02. The summed E-state index contributed by atoms with van der Waals surface area (Å²) in [4.78, 5) is 0. The molecule has 0 unspecified atom stereocenters. The second-order valence-electron chi connectivity index (χ2n) is 5.98. The molecule has 1 saturated carbocycles. The van der Waals surface area contributed by atoms with Gasteiger partial charge in [0.25, 0.3) is 0 Å². The quantitative estimate of drug-likeness (QED) is 0.725. The predicted molar refractivity (Wildman–Crippen MR) is 81.4 cm³/mol. The summed E-state index contributed by atoms with van der Waals surface area (Å²) in [7, 11) is 0. The molecule has 112 valence electrons. The average Bonchev–Trinajstić information content (AvgIpc) is 2.72. The summed E-state index contributed by atoms with van der Waals surface area (Å²) in [6.07, 6.45) is 6.03. The van der Waals surface area contributed by atoms with Crippen molar-refractivity contribution < 1.29 is 10.2 Å². The third-order valence-corrected chi connectivity index (χ3v) is 4.49. The maximum Gasteiger partial charge on any atom is 0.0681 e. The second kappa shape index (κ2) is 7.77. The number of nitrogens with one attached hydrogen (secondary N) is 1. The smallest absolute Gasteiger partial charge is 0.0681 e. The molecule has 0 spiro atoms. The highest BCUT2D eigenvalue weighted by Gasteiger charge is 2.24. The van der Waals surface area contributed by atoms with Crippen molar-refractivity contribution >= 4 is 0 Å². The van der Waals surface area contributed by atoms with E-state index in [1.165, 1.54) is 24.8 Å². The highest BCUT2D eigenvalue weighted by atomic mass is 16.3. The van der Waals surface area contributed by atoms with Crippen LogP contribution >= 0.6 is 0 Å². The fourth-order valence-electron chi connectivity index (χ4n) is 3.20. The van der Waals surface area contributed by atoms with E-state index in [1.54, 1.807) is 0 Å². The van der Waals surface area contributed by atoms with Gasteiger partial charge < -0.3 is 15.5 Å². The van der Waals surface area contributed by atoms with Gasteiger partial charge in [-0.05, 0) is 36.8 Å². The van der Waals surface area contributed by atoms with Crippen molar-refractivity contribution in [2.75, 3.05) is 6.61 Å². The van der Waals surface area contributed by atoms with Crippen molar-refractivity contribution in [1.82, 2.24) is 5.32 Å².